The maximum Gasteiger partial charge on any atom is 0.416 e. The average Bonchev–Trinajstić information content (AvgIpc) is 2.92. The highest BCUT2D eigenvalue weighted by molar-refractivity contribution is 6.14. The van der Waals surface area contributed by atoms with Gasteiger partial charge in [-0.05, 0) is 37.3 Å². The lowest BCUT2D eigenvalue weighted by atomic mass is 10.1. The molecule has 3 aromatic rings. The molecule has 0 radical (unpaired) electrons. The molecule has 0 fully saturated rings. The number of alkyl halides is 3. The van der Waals surface area contributed by atoms with Gasteiger partial charge in [-0.3, -0.25) is 4.79 Å². The first-order valence-electron chi connectivity index (χ1n) is 7.49. The number of carbonyl (C=O) groups is 2. The van der Waals surface area contributed by atoms with Gasteiger partial charge in [0.15, 0.2) is 0 Å². The third-order valence-corrected chi connectivity index (χ3v) is 3.85. The molecule has 1 amide bonds. The van der Waals surface area contributed by atoms with E-state index in [1.54, 1.807) is 25.1 Å². The van der Waals surface area contributed by atoms with Crippen LogP contribution in [0.1, 0.15) is 32.0 Å². The average molecular weight is 361 g/mol. The molecule has 0 aliphatic rings. The Kier molecular flexibility index (Phi) is 4.19. The molecule has 0 saturated carbocycles. The molecule has 1 heterocycles. The minimum atomic E-state index is -4.59. The zero-order chi connectivity index (χ0) is 19.1. The van der Waals surface area contributed by atoms with E-state index in [4.69, 9.17) is 0 Å². The topological polar surface area (TPSA) is 85.0 Å². The molecule has 26 heavy (non-hydrogen) atoms. The Morgan fingerprint density at radius 1 is 1.12 bits per heavy atom. The monoisotopic (exact) mass is 361 g/mol. The zero-order valence-electron chi connectivity index (χ0n) is 13.4. The van der Waals surface area contributed by atoms with Gasteiger partial charge in [-0.15, -0.1) is 0 Å². The Labute approximate surface area is 145 Å². The maximum absolute atomic E-state index is 12.8. The van der Waals surface area contributed by atoms with Crippen molar-refractivity contribution in [2.24, 2.45) is 0 Å². The number of aromatic amines is 1. The quantitative estimate of drug-likeness (QED) is 0.752. The van der Waals surface area contributed by atoms with Crippen LogP contribution in [-0.4, -0.2) is 16.9 Å². The second-order valence-electron chi connectivity index (χ2n) is 5.74. The molecule has 134 valence electrons. The fourth-order valence-corrected chi connectivity index (χ4v) is 2.61. The highest BCUT2D eigenvalue weighted by Gasteiger charge is 2.31. The van der Waals surface area contributed by atoms with Crippen molar-refractivity contribution in [2.45, 2.75) is 13.1 Å². The summed E-state index contributed by atoms with van der Waals surface area (Å²) in [5.74, 6) is -2.40. The summed E-state index contributed by atoms with van der Waals surface area (Å²) >= 11 is 0. The lowest BCUT2D eigenvalue weighted by Crippen LogP contribution is -2.25. The lowest BCUT2D eigenvalue weighted by Gasteiger charge is -2.10. The molecule has 0 atom stereocenters. The van der Waals surface area contributed by atoms with Crippen LogP contribution in [0.15, 0.2) is 42.5 Å². The van der Waals surface area contributed by atoms with Gasteiger partial charge in [-0.2, -0.15) is 13.2 Å². The molecular formula is C18H12F3N2O3-. The Hall–Kier alpha value is -3.29. The minimum absolute atomic E-state index is 0.0499. The van der Waals surface area contributed by atoms with Crippen LogP contribution in [-0.2, 0) is 6.18 Å². The summed E-state index contributed by atoms with van der Waals surface area (Å²) in [5.41, 5.74) is -0.353. The fourth-order valence-electron chi connectivity index (χ4n) is 2.61. The van der Waals surface area contributed by atoms with Crippen LogP contribution >= 0.6 is 0 Å². The molecular weight excluding hydrogens is 349 g/mol. The molecule has 3 rings (SSSR count). The summed E-state index contributed by atoms with van der Waals surface area (Å²) in [7, 11) is 0. The van der Waals surface area contributed by atoms with Crippen molar-refractivity contribution in [1.29, 1.82) is 0 Å². The van der Waals surface area contributed by atoms with Gasteiger partial charge in [0, 0.05) is 16.5 Å². The SMILES string of the molecule is Cc1ccc2[nH]c(C(=O)[O-])c(NC(=O)c3cccc(C(F)(F)F)c3)c2c1. The predicted molar refractivity (Wildman–Crippen MR) is 86.8 cm³/mol. The molecule has 8 heteroatoms. The molecule has 2 aromatic carbocycles. The number of halogens is 3. The van der Waals surface area contributed by atoms with E-state index < -0.39 is 23.6 Å². The Balaban J connectivity index is 2.03. The number of anilines is 1. The highest BCUT2D eigenvalue weighted by Crippen LogP contribution is 2.31. The van der Waals surface area contributed by atoms with E-state index >= 15 is 0 Å². The highest BCUT2D eigenvalue weighted by atomic mass is 19.4. The molecule has 0 saturated heterocycles. The van der Waals surface area contributed by atoms with E-state index in [0.29, 0.717) is 17.0 Å². The normalized spacial score (nSPS) is 11.5. The number of aromatic nitrogens is 1. The number of carboxylic acid groups (broad SMARTS) is 1. The Morgan fingerprint density at radius 3 is 2.50 bits per heavy atom. The molecule has 0 aliphatic heterocycles. The van der Waals surface area contributed by atoms with Gasteiger partial charge in [0.1, 0.15) is 0 Å². The number of carboxylic acids is 1. The zero-order valence-corrected chi connectivity index (χ0v) is 13.4. The number of carbonyl (C=O) groups excluding carboxylic acids is 2. The summed E-state index contributed by atoms with van der Waals surface area (Å²) in [6.45, 7) is 1.78. The number of fused-ring (bicyclic) bond motifs is 1. The van der Waals surface area contributed by atoms with Crippen LogP contribution in [0.4, 0.5) is 18.9 Å². The third kappa shape index (κ3) is 3.26. The van der Waals surface area contributed by atoms with Crippen molar-refractivity contribution in [3.63, 3.8) is 0 Å². The van der Waals surface area contributed by atoms with Crippen LogP contribution in [0.5, 0.6) is 0 Å². The minimum Gasteiger partial charge on any atom is -0.543 e. The van der Waals surface area contributed by atoms with Crippen molar-refractivity contribution >= 4 is 28.5 Å². The number of H-pyrrole nitrogens is 1. The van der Waals surface area contributed by atoms with E-state index in [2.05, 4.69) is 10.3 Å². The van der Waals surface area contributed by atoms with Gasteiger partial charge in [-0.25, -0.2) is 0 Å². The van der Waals surface area contributed by atoms with Gasteiger partial charge < -0.3 is 20.2 Å². The van der Waals surface area contributed by atoms with Crippen molar-refractivity contribution < 1.29 is 27.9 Å². The van der Waals surface area contributed by atoms with E-state index in [0.717, 1.165) is 17.7 Å². The predicted octanol–water partition coefficient (Wildman–Crippen LogP) is 3.11. The van der Waals surface area contributed by atoms with E-state index in [9.17, 15) is 27.9 Å². The lowest BCUT2D eigenvalue weighted by molar-refractivity contribution is -0.255. The first-order chi connectivity index (χ1) is 12.2. The summed E-state index contributed by atoms with van der Waals surface area (Å²) < 4.78 is 38.4. The van der Waals surface area contributed by atoms with Gasteiger partial charge in [-0.1, -0.05) is 17.7 Å². The van der Waals surface area contributed by atoms with Crippen LogP contribution in [0.3, 0.4) is 0 Å². The number of amides is 1. The van der Waals surface area contributed by atoms with Crippen molar-refractivity contribution in [3.05, 3.63) is 64.8 Å². The summed E-state index contributed by atoms with van der Waals surface area (Å²) in [6, 6.07) is 8.90. The van der Waals surface area contributed by atoms with Crippen LogP contribution in [0, 0.1) is 6.92 Å². The molecule has 0 bridgehead atoms. The van der Waals surface area contributed by atoms with Crippen LogP contribution in [0.2, 0.25) is 0 Å². The molecule has 0 aliphatic carbocycles. The molecule has 2 N–H and O–H groups in total. The van der Waals surface area contributed by atoms with E-state index in [1.807, 2.05) is 0 Å². The summed E-state index contributed by atoms with van der Waals surface area (Å²) in [4.78, 5) is 26.4. The van der Waals surface area contributed by atoms with Crippen molar-refractivity contribution in [3.8, 4) is 0 Å². The first-order valence-corrected chi connectivity index (χ1v) is 7.49. The van der Waals surface area contributed by atoms with E-state index in [-0.39, 0.29) is 16.9 Å². The van der Waals surface area contributed by atoms with Crippen molar-refractivity contribution in [2.75, 3.05) is 5.32 Å². The van der Waals surface area contributed by atoms with Gasteiger partial charge in [0.05, 0.1) is 22.9 Å². The largest absolute Gasteiger partial charge is 0.543 e. The molecule has 0 unspecified atom stereocenters. The second kappa shape index (κ2) is 6.21. The second-order valence-corrected chi connectivity index (χ2v) is 5.74. The molecule has 0 spiro atoms. The van der Waals surface area contributed by atoms with E-state index in [1.165, 1.54) is 6.07 Å². The number of benzene rings is 2. The van der Waals surface area contributed by atoms with Crippen molar-refractivity contribution in [1.82, 2.24) is 4.98 Å². The van der Waals surface area contributed by atoms with Gasteiger partial charge in [0.2, 0.25) is 0 Å². The van der Waals surface area contributed by atoms with Gasteiger partial charge in [0.25, 0.3) is 5.91 Å². The third-order valence-electron chi connectivity index (χ3n) is 3.85. The van der Waals surface area contributed by atoms with Crippen LogP contribution in [0.25, 0.3) is 10.9 Å². The molecule has 1 aromatic heterocycles. The van der Waals surface area contributed by atoms with Crippen LogP contribution < -0.4 is 10.4 Å². The number of hydrogen-bond donors (Lipinski definition) is 2. The maximum atomic E-state index is 12.8. The number of nitrogens with one attached hydrogen (secondary N) is 2. The first kappa shape index (κ1) is 17.5. The molecule has 5 nitrogen and oxygen atoms in total. The number of aryl methyl sites for hydroxylation is 1. The smallest absolute Gasteiger partial charge is 0.416 e. The summed E-state index contributed by atoms with van der Waals surface area (Å²) in [6.07, 6.45) is -4.59. The number of hydrogen-bond acceptors (Lipinski definition) is 3. The fraction of sp³-hybridized carbons (Fsp3) is 0.111. The summed E-state index contributed by atoms with van der Waals surface area (Å²) in [5, 5.41) is 14.1. The Morgan fingerprint density at radius 2 is 1.85 bits per heavy atom. The standard InChI is InChI=1S/C18H13F3N2O3/c1-9-5-6-13-12(7-9)14(15(22-13)17(25)26)23-16(24)10-3-2-4-11(8-10)18(19,20)21/h2-8,22H,1H3,(H,23,24)(H,25,26)/p-1. The van der Waals surface area contributed by atoms with Gasteiger partial charge >= 0.3 is 6.18 Å². The Bertz CT molecular complexity index is 1020. The number of aromatic carboxylic acids is 1. The number of rotatable bonds is 3.